The minimum Gasteiger partial charge on any atom is -0.493 e. The van der Waals surface area contributed by atoms with Crippen LogP contribution < -0.4 is 14.8 Å². The van der Waals surface area contributed by atoms with Crippen LogP contribution in [0.15, 0.2) is 12.1 Å². The molecule has 24 heavy (non-hydrogen) atoms. The molecule has 2 atom stereocenters. The van der Waals surface area contributed by atoms with Crippen molar-refractivity contribution in [2.45, 2.75) is 38.7 Å². The molecule has 0 aromatic heterocycles. The van der Waals surface area contributed by atoms with E-state index in [2.05, 4.69) is 34.8 Å². The van der Waals surface area contributed by atoms with Crippen molar-refractivity contribution in [1.29, 1.82) is 0 Å². The predicted octanol–water partition coefficient (Wildman–Crippen LogP) is 3.63. The van der Waals surface area contributed by atoms with Crippen LogP contribution in [0.3, 0.4) is 0 Å². The number of rotatable bonds is 7. The Morgan fingerprint density at radius 1 is 1.21 bits per heavy atom. The molecule has 1 aromatic carbocycles. The Balaban J connectivity index is 1.86. The van der Waals surface area contributed by atoms with Gasteiger partial charge in [0.1, 0.15) is 0 Å². The van der Waals surface area contributed by atoms with Crippen LogP contribution in [0, 0.1) is 9.49 Å². The van der Waals surface area contributed by atoms with Crippen molar-refractivity contribution < 1.29 is 19.0 Å². The van der Waals surface area contributed by atoms with Gasteiger partial charge in [0.25, 0.3) is 5.91 Å². The number of carbonyl (C=O) groups is 1. The van der Waals surface area contributed by atoms with Crippen LogP contribution in [0.25, 0.3) is 0 Å². The Morgan fingerprint density at radius 3 is 2.54 bits per heavy atom. The third-order valence-electron chi connectivity index (χ3n) is 4.47. The van der Waals surface area contributed by atoms with Gasteiger partial charge in [0.15, 0.2) is 11.5 Å². The first-order valence-electron chi connectivity index (χ1n) is 8.38. The van der Waals surface area contributed by atoms with Gasteiger partial charge in [0.05, 0.1) is 32.5 Å². The number of hydrogen-bond acceptors (Lipinski definition) is 4. The fourth-order valence-corrected chi connectivity index (χ4v) is 3.71. The van der Waals surface area contributed by atoms with E-state index in [-0.39, 0.29) is 5.91 Å². The molecule has 0 spiro atoms. The zero-order valence-electron chi connectivity index (χ0n) is 14.6. The molecule has 5 nitrogen and oxygen atoms in total. The Kier molecular flexibility index (Phi) is 7.61. The normalized spacial score (nSPS) is 20.5. The highest BCUT2D eigenvalue weighted by atomic mass is 127. The molecule has 2 rings (SSSR count). The molecule has 1 aromatic rings. The van der Waals surface area contributed by atoms with Gasteiger partial charge in [-0.05, 0) is 53.5 Å². The van der Waals surface area contributed by atoms with E-state index < -0.39 is 0 Å². The molecular weight excluding hydrogens is 421 g/mol. The Morgan fingerprint density at radius 2 is 1.88 bits per heavy atom. The molecule has 0 heterocycles. The summed E-state index contributed by atoms with van der Waals surface area (Å²) in [6.07, 6.45) is 5.24. The zero-order chi connectivity index (χ0) is 17.5. The highest BCUT2D eigenvalue weighted by molar-refractivity contribution is 14.1. The highest BCUT2D eigenvalue weighted by Crippen LogP contribution is 2.31. The first kappa shape index (κ1) is 19.3. The standard InChI is InChI=1S/C18H26INO4/c1-12-6-4-5-7-15(12)24-9-8-20-18(21)13-10-16(22-2)17(23-3)11-14(13)19/h10-12,15H,4-9H2,1-3H3,(H,20,21). The van der Waals surface area contributed by atoms with Gasteiger partial charge in [-0.1, -0.05) is 19.8 Å². The molecule has 6 heteroatoms. The van der Waals surface area contributed by atoms with Crippen LogP contribution in [-0.4, -0.2) is 39.4 Å². The molecule has 134 valence electrons. The molecule has 0 radical (unpaired) electrons. The van der Waals surface area contributed by atoms with Crippen LogP contribution in [0.2, 0.25) is 0 Å². The van der Waals surface area contributed by atoms with Crippen molar-refractivity contribution in [1.82, 2.24) is 5.32 Å². The second-order valence-corrected chi connectivity index (χ2v) is 7.28. The number of methoxy groups -OCH3 is 2. The quantitative estimate of drug-likeness (QED) is 0.513. The fraction of sp³-hybridized carbons (Fsp3) is 0.611. The van der Waals surface area contributed by atoms with Crippen LogP contribution in [0.1, 0.15) is 43.0 Å². The summed E-state index contributed by atoms with van der Waals surface area (Å²) < 4.78 is 17.3. The van der Waals surface area contributed by atoms with E-state index >= 15 is 0 Å². The Bertz CT molecular complexity index is 564. The number of carbonyl (C=O) groups excluding carboxylic acids is 1. The smallest absolute Gasteiger partial charge is 0.252 e. The molecule has 1 N–H and O–H groups in total. The minimum absolute atomic E-state index is 0.124. The number of halogens is 1. The summed E-state index contributed by atoms with van der Waals surface area (Å²) in [6.45, 7) is 3.30. The second kappa shape index (κ2) is 9.46. The molecule has 1 aliphatic rings. The van der Waals surface area contributed by atoms with Crippen molar-refractivity contribution in [3.05, 3.63) is 21.3 Å². The van der Waals surface area contributed by atoms with Gasteiger partial charge in [0.2, 0.25) is 0 Å². The topological polar surface area (TPSA) is 56.8 Å². The van der Waals surface area contributed by atoms with Crippen LogP contribution in [0.4, 0.5) is 0 Å². The van der Waals surface area contributed by atoms with Crippen molar-refractivity contribution in [3.63, 3.8) is 0 Å². The van der Waals surface area contributed by atoms with E-state index in [1.54, 1.807) is 26.4 Å². The zero-order valence-corrected chi connectivity index (χ0v) is 16.7. The van der Waals surface area contributed by atoms with Crippen LogP contribution in [-0.2, 0) is 4.74 Å². The molecule has 0 aliphatic heterocycles. The Labute approximate surface area is 157 Å². The summed E-state index contributed by atoms with van der Waals surface area (Å²) >= 11 is 2.13. The van der Waals surface area contributed by atoms with E-state index in [1.165, 1.54) is 19.3 Å². The van der Waals surface area contributed by atoms with E-state index in [1.807, 2.05) is 0 Å². The molecule has 1 saturated carbocycles. The van der Waals surface area contributed by atoms with Gasteiger partial charge in [-0.2, -0.15) is 0 Å². The summed E-state index contributed by atoms with van der Waals surface area (Å²) in [5.74, 6) is 1.66. The maximum absolute atomic E-state index is 12.4. The number of hydrogen-bond donors (Lipinski definition) is 1. The minimum atomic E-state index is -0.124. The van der Waals surface area contributed by atoms with Gasteiger partial charge in [0, 0.05) is 10.1 Å². The van der Waals surface area contributed by atoms with Crippen molar-refractivity contribution in [3.8, 4) is 11.5 Å². The summed E-state index contributed by atoms with van der Waals surface area (Å²) in [4.78, 5) is 12.4. The lowest BCUT2D eigenvalue weighted by Crippen LogP contribution is -2.32. The SMILES string of the molecule is COc1cc(I)c(C(=O)NCCOC2CCCCC2C)cc1OC. The molecule has 2 unspecified atom stereocenters. The number of amides is 1. The van der Waals surface area contributed by atoms with Crippen molar-refractivity contribution >= 4 is 28.5 Å². The first-order chi connectivity index (χ1) is 11.6. The van der Waals surface area contributed by atoms with Crippen LogP contribution >= 0.6 is 22.6 Å². The molecule has 1 aliphatic carbocycles. The Hall–Kier alpha value is -1.02. The van der Waals surface area contributed by atoms with E-state index in [0.717, 1.165) is 9.99 Å². The molecule has 0 saturated heterocycles. The van der Waals surface area contributed by atoms with Crippen molar-refractivity contribution in [2.24, 2.45) is 5.92 Å². The molecule has 0 bridgehead atoms. The molecular formula is C18H26INO4. The summed E-state index contributed by atoms with van der Waals surface area (Å²) in [5.41, 5.74) is 0.583. The van der Waals surface area contributed by atoms with E-state index in [4.69, 9.17) is 14.2 Å². The third-order valence-corrected chi connectivity index (χ3v) is 5.36. The van der Waals surface area contributed by atoms with Gasteiger partial charge in [-0.15, -0.1) is 0 Å². The monoisotopic (exact) mass is 447 g/mol. The summed E-state index contributed by atoms with van der Waals surface area (Å²) in [5, 5.41) is 2.92. The van der Waals surface area contributed by atoms with Gasteiger partial charge >= 0.3 is 0 Å². The van der Waals surface area contributed by atoms with Gasteiger partial charge in [-0.25, -0.2) is 0 Å². The maximum atomic E-state index is 12.4. The largest absolute Gasteiger partial charge is 0.493 e. The van der Waals surface area contributed by atoms with Crippen LogP contribution in [0.5, 0.6) is 11.5 Å². The molecule has 1 amide bonds. The lowest BCUT2D eigenvalue weighted by Gasteiger charge is -2.28. The summed E-state index contributed by atoms with van der Waals surface area (Å²) in [6, 6.07) is 3.51. The number of ether oxygens (including phenoxy) is 3. The average molecular weight is 447 g/mol. The maximum Gasteiger partial charge on any atom is 0.252 e. The first-order valence-corrected chi connectivity index (χ1v) is 9.46. The van der Waals surface area contributed by atoms with Crippen molar-refractivity contribution in [2.75, 3.05) is 27.4 Å². The van der Waals surface area contributed by atoms with Gasteiger partial charge < -0.3 is 19.5 Å². The highest BCUT2D eigenvalue weighted by Gasteiger charge is 2.21. The third kappa shape index (κ3) is 4.99. The molecule has 1 fully saturated rings. The number of nitrogens with one attached hydrogen (secondary N) is 1. The number of benzene rings is 1. The van der Waals surface area contributed by atoms with E-state index in [9.17, 15) is 4.79 Å². The predicted molar refractivity (Wildman–Crippen MR) is 102 cm³/mol. The lowest BCUT2D eigenvalue weighted by atomic mass is 9.88. The summed E-state index contributed by atoms with van der Waals surface area (Å²) in [7, 11) is 3.14. The fourth-order valence-electron chi connectivity index (χ4n) is 3.03. The van der Waals surface area contributed by atoms with E-state index in [0.29, 0.717) is 42.2 Å². The van der Waals surface area contributed by atoms with Gasteiger partial charge in [-0.3, -0.25) is 4.79 Å². The second-order valence-electron chi connectivity index (χ2n) is 6.11. The average Bonchev–Trinajstić information content (AvgIpc) is 2.59. The lowest BCUT2D eigenvalue weighted by molar-refractivity contribution is -0.00294.